The van der Waals surface area contributed by atoms with E-state index in [9.17, 15) is 24.0 Å². The number of hydrogen-bond donors (Lipinski definition) is 3. The summed E-state index contributed by atoms with van der Waals surface area (Å²) in [5, 5.41) is 7.99. The molecule has 0 saturated carbocycles. The Kier molecular flexibility index (Phi) is 9.56. The predicted octanol–water partition coefficient (Wildman–Crippen LogP) is 2.33. The SMILES string of the molecule is Cc1nc2c(NC(=O)CCCOCCCNC(=O)OC(C)(C)C)cccc2c(=O)n1C1CCC(=O)NC1=O. The topological polar surface area (TPSA) is 158 Å². The second-order valence-corrected chi connectivity index (χ2v) is 10.0. The molecular formula is C26H35N5O7. The number of anilines is 1. The van der Waals surface area contributed by atoms with Gasteiger partial charge in [0.15, 0.2) is 0 Å². The zero-order valence-electron chi connectivity index (χ0n) is 22.2. The number of carbonyl (C=O) groups is 4. The first kappa shape index (κ1) is 28.8. The number of aromatic nitrogens is 2. The molecule has 206 valence electrons. The smallest absolute Gasteiger partial charge is 0.407 e. The first-order chi connectivity index (χ1) is 18.0. The van der Waals surface area contributed by atoms with Crippen LogP contribution >= 0.6 is 0 Å². The number of carbonyl (C=O) groups excluding carboxylic acids is 4. The molecule has 1 saturated heterocycles. The van der Waals surface area contributed by atoms with E-state index in [0.717, 1.165) is 0 Å². The third kappa shape index (κ3) is 7.85. The number of hydrogen-bond acceptors (Lipinski definition) is 8. The second kappa shape index (κ2) is 12.6. The zero-order chi connectivity index (χ0) is 27.9. The van der Waals surface area contributed by atoms with Gasteiger partial charge in [-0.25, -0.2) is 9.78 Å². The number of rotatable bonds is 10. The summed E-state index contributed by atoms with van der Waals surface area (Å²) in [5.41, 5.74) is -0.220. The lowest BCUT2D eigenvalue weighted by Gasteiger charge is -2.24. The van der Waals surface area contributed by atoms with E-state index in [4.69, 9.17) is 9.47 Å². The van der Waals surface area contributed by atoms with E-state index in [1.165, 1.54) is 4.57 Å². The van der Waals surface area contributed by atoms with E-state index in [-0.39, 0.29) is 36.5 Å². The normalized spacial score (nSPS) is 15.7. The van der Waals surface area contributed by atoms with Gasteiger partial charge in [-0.15, -0.1) is 0 Å². The van der Waals surface area contributed by atoms with Crippen LogP contribution in [0.2, 0.25) is 0 Å². The summed E-state index contributed by atoms with van der Waals surface area (Å²) >= 11 is 0. The van der Waals surface area contributed by atoms with Gasteiger partial charge >= 0.3 is 6.09 Å². The van der Waals surface area contributed by atoms with E-state index >= 15 is 0 Å². The van der Waals surface area contributed by atoms with Crippen LogP contribution in [0.1, 0.15) is 64.7 Å². The number of imide groups is 1. The molecule has 1 atom stereocenters. The van der Waals surface area contributed by atoms with E-state index in [0.29, 0.717) is 49.6 Å². The van der Waals surface area contributed by atoms with E-state index < -0.39 is 29.2 Å². The number of fused-ring (bicyclic) bond motifs is 1. The molecule has 38 heavy (non-hydrogen) atoms. The van der Waals surface area contributed by atoms with Gasteiger partial charge in [0.25, 0.3) is 5.56 Å². The van der Waals surface area contributed by atoms with Crippen LogP contribution in [0.3, 0.4) is 0 Å². The van der Waals surface area contributed by atoms with Crippen molar-refractivity contribution in [1.29, 1.82) is 0 Å². The highest BCUT2D eigenvalue weighted by molar-refractivity contribution is 6.01. The molecule has 1 aliphatic heterocycles. The van der Waals surface area contributed by atoms with Gasteiger partial charge in [0.1, 0.15) is 23.0 Å². The number of benzene rings is 1. The van der Waals surface area contributed by atoms with Crippen molar-refractivity contribution in [2.24, 2.45) is 0 Å². The minimum absolute atomic E-state index is 0.142. The maximum absolute atomic E-state index is 13.2. The van der Waals surface area contributed by atoms with Gasteiger partial charge in [0.2, 0.25) is 17.7 Å². The molecule has 1 fully saturated rings. The van der Waals surface area contributed by atoms with Gasteiger partial charge in [-0.1, -0.05) is 6.07 Å². The van der Waals surface area contributed by atoms with Crippen molar-refractivity contribution in [2.45, 2.75) is 71.4 Å². The maximum Gasteiger partial charge on any atom is 0.407 e. The van der Waals surface area contributed by atoms with Gasteiger partial charge in [-0.2, -0.15) is 0 Å². The molecule has 1 unspecified atom stereocenters. The number of nitrogens with zero attached hydrogens (tertiary/aromatic N) is 2. The summed E-state index contributed by atoms with van der Waals surface area (Å²) < 4.78 is 12.0. The summed E-state index contributed by atoms with van der Waals surface area (Å²) in [6.07, 6.45) is 1.20. The van der Waals surface area contributed by atoms with Crippen LogP contribution in [0, 0.1) is 6.92 Å². The summed E-state index contributed by atoms with van der Waals surface area (Å²) in [7, 11) is 0. The molecule has 2 heterocycles. The molecule has 1 aromatic carbocycles. The maximum atomic E-state index is 13.2. The van der Waals surface area contributed by atoms with Crippen LogP contribution in [0.5, 0.6) is 0 Å². The lowest BCUT2D eigenvalue weighted by molar-refractivity contribution is -0.135. The van der Waals surface area contributed by atoms with Crippen molar-refractivity contribution in [2.75, 3.05) is 25.1 Å². The summed E-state index contributed by atoms with van der Waals surface area (Å²) in [4.78, 5) is 65.6. The monoisotopic (exact) mass is 529 g/mol. The average Bonchev–Trinajstić information content (AvgIpc) is 2.81. The van der Waals surface area contributed by atoms with E-state index in [2.05, 4.69) is 20.9 Å². The fourth-order valence-corrected chi connectivity index (χ4v) is 4.05. The summed E-state index contributed by atoms with van der Waals surface area (Å²) in [6.45, 7) is 8.24. The van der Waals surface area contributed by atoms with Crippen molar-refractivity contribution < 1.29 is 28.7 Å². The Morgan fingerprint density at radius 1 is 1.16 bits per heavy atom. The van der Waals surface area contributed by atoms with E-state index in [1.54, 1.807) is 45.9 Å². The van der Waals surface area contributed by atoms with Gasteiger partial charge in [-0.3, -0.25) is 29.1 Å². The molecule has 3 rings (SSSR count). The van der Waals surface area contributed by atoms with Gasteiger partial charge in [-0.05, 0) is 59.1 Å². The highest BCUT2D eigenvalue weighted by atomic mass is 16.6. The fourth-order valence-electron chi connectivity index (χ4n) is 4.05. The van der Waals surface area contributed by atoms with Crippen molar-refractivity contribution in [3.63, 3.8) is 0 Å². The molecular weight excluding hydrogens is 494 g/mol. The van der Waals surface area contributed by atoms with Crippen molar-refractivity contribution in [3.8, 4) is 0 Å². The number of amides is 4. The van der Waals surface area contributed by atoms with Crippen LogP contribution in [-0.2, 0) is 23.9 Å². The standard InChI is InChI=1S/C26H35N5O7/c1-16-28-22-17(24(35)31(16)19-11-12-21(33)30-23(19)34)8-5-9-18(22)29-20(32)10-6-14-37-15-7-13-27-25(36)38-26(2,3)4/h5,8-9,19H,6-7,10-15H2,1-4H3,(H,27,36)(H,29,32)(H,30,33,34). The Bertz CT molecular complexity index is 1270. The van der Waals surface area contributed by atoms with Crippen LogP contribution in [-0.4, -0.2) is 58.7 Å². The molecule has 12 nitrogen and oxygen atoms in total. The Labute approximate surface area is 220 Å². The molecule has 2 aromatic rings. The van der Waals surface area contributed by atoms with Crippen molar-refractivity contribution in [3.05, 3.63) is 34.4 Å². The third-order valence-electron chi connectivity index (χ3n) is 5.73. The minimum atomic E-state index is -0.816. The second-order valence-electron chi connectivity index (χ2n) is 10.0. The lowest BCUT2D eigenvalue weighted by Crippen LogP contribution is -2.45. The quantitative estimate of drug-likeness (QED) is 0.313. The Balaban J connectivity index is 1.50. The number of piperidine rings is 1. The molecule has 12 heteroatoms. The molecule has 4 amide bonds. The molecule has 0 bridgehead atoms. The van der Waals surface area contributed by atoms with Crippen molar-refractivity contribution in [1.82, 2.24) is 20.2 Å². The molecule has 1 aliphatic rings. The first-order valence-corrected chi connectivity index (χ1v) is 12.7. The molecule has 0 radical (unpaired) electrons. The minimum Gasteiger partial charge on any atom is -0.444 e. The Morgan fingerprint density at radius 3 is 2.61 bits per heavy atom. The molecule has 0 spiro atoms. The first-order valence-electron chi connectivity index (χ1n) is 12.7. The van der Waals surface area contributed by atoms with Crippen LogP contribution in [0.25, 0.3) is 10.9 Å². The van der Waals surface area contributed by atoms with E-state index in [1.807, 2.05) is 0 Å². The summed E-state index contributed by atoms with van der Waals surface area (Å²) in [5.74, 6) is -0.829. The Hall–Kier alpha value is -3.80. The van der Waals surface area contributed by atoms with Gasteiger partial charge < -0.3 is 20.1 Å². The summed E-state index contributed by atoms with van der Waals surface area (Å²) in [6, 6.07) is 4.08. The number of alkyl carbamates (subject to hydrolysis) is 1. The van der Waals surface area contributed by atoms with Crippen LogP contribution < -0.4 is 21.5 Å². The Morgan fingerprint density at radius 2 is 1.89 bits per heavy atom. The number of para-hydroxylation sites is 1. The highest BCUT2D eigenvalue weighted by Gasteiger charge is 2.30. The van der Waals surface area contributed by atoms with Crippen molar-refractivity contribution >= 4 is 40.4 Å². The van der Waals surface area contributed by atoms with Crippen LogP contribution in [0.4, 0.5) is 10.5 Å². The molecule has 3 N–H and O–H groups in total. The third-order valence-corrected chi connectivity index (χ3v) is 5.73. The van der Waals surface area contributed by atoms with Gasteiger partial charge in [0.05, 0.1) is 11.1 Å². The zero-order valence-corrected chi connectivity index (χ0v) is 22.2. The number of aryl methyl sites for hydroxylation is 1. The lowest BCUT2D eigenvalue weighted by atomic mass is 10.1. The van der Waals surface area contributed by atoms with Crippen LogP contribution in [0.15, 0.2) is 23.0 Å². The fraction of sp³-hybridized carbons (Fsp3) is 0.538. The van der Waals surface area contributed by atoms with Gasteiger partial charge in [0, 0.05) is 32.6 Å². The predicted molar refractivity (Wildman–Crippen MR) is 140 cm³/mol. The molecule has 0 aliphatic carbocycles. The largest absolute Gasteiger partial charge is 0.444 e. The number of nitrogens with one attached hydrogen (secondary N) is 3. The number of ether oxygens (including phenoxy) is 2. The highest BCUT2D eigenvalue weighted by Crippen LogP contribution is 2.23. The average molecular weight is 530 g/mol. The molecule has 1 aromatic heterocycles.